The maximum Gasteiger partial charge on any atom is 0.230 e. The molecule has 0 unspecified atom stereocenters. The molecule has 3 nitrogen and oxygen atoms in total. The van der Waals surface area contributed by atoms with E-state index in [1.54, 1.807) is 0 Å². The molecule has 1 amide bonds. The van der Waals surface area contributed by atoms with Gasteiger partial charge in [0.05, 0.1) is 5.41 Å². The molecule has 1 aromatic heterocycles. The zero-order valence-electron chi connectivity index (χ0n) is 14.1. The lowest BCUT2D eigenvalue weighted by Crippen LogP contribution is -2.39. The number of aromatic nitrogens is 1. The summed E-state index contributed by atoms with van der Waals surface area (Å²) in [6, 6.07) is 13.8. The minimum Gasteiger partial charge on any atom is -0.361 e. The van der Waals surface area contributed by atoms with Crippen LogP contribution in [-0.2, 0) is 16.8 Å². The molecule has 4 heteroatoms. The Balaban J connectivity index is 1.83. The van der Waals surface area contributed by atoms with Crippen LogP contribution in [0.1, 0.15) is 30.5 Å². The van der Waals surface area contributed by atoms with Gasteiger partial charge in [-0.05, 0) is 50.1 Å². The second-order valence-electron chi connectivity index (χ2n) is 6.69. The molecule has 0 spiro atoms. The molecule has 1 heterocycles. The van der Waals surface area contributed by atoms with Crippen molar-refractivity contribution in [3.63, 3.8) is 0 Å². The number of amides is 1. The summed E-state index contributed by atoms with van der Waals surface area (Å²) in [5.74, 6) is -0.00937. The Morgan fingerprint density at radius 2 is 2.00 bits per heavy atom. The summed E-state index contributed by atoms with van der Waals surface area (Å²) in [6.07, 6.45) is 1.90. The van der Waals surface area contributed by atoms with Gasteiger partial charge < -0.3 is 10.3 Å². The van der Waals surface area contributed by atoms with Crippen LogP contribution in [0.25, 0.3) is 10.9 Å². The van der Waals surface area contributed by atoms with Crippen LogP contribution in [0.15, 0.2) is 48.7 Å². The predicted molar refractivity (Wildman–Crippen MR) is 99.4 cm³/mol. The largest absolute Gasteiger partial charge is 0.361 e. The highest BCUT2D eigenvalue weighted by atomic mass is 35.5. The van der Waals surface area contributed by atoms with Gasteiger partial charge in [-0.1, -0.05) is 41.4 Å². The maximum absolute atomic E-state index is 12.8. The van der Waals surface area contributed by atoms with E-state index in [0.717, 1.165) is 22.0 Å². The first-order chi connectivity index (χ1) is 11.4. The molecule has 0 saturated carbocycles. The van der Waals surface area contributed by atoms with Gasteiger partial charge in [-0.3, -0.25) is 4.79 Å². The van der Waals surface area contributed by atoms with Crippen molar-refractivity contribution in [3.05, 3.63) is 70.4 Å². The van der Waals surface area contributed by atoms with Crippen LogP contribution >= 0.6 is 11.6 Å². The molecule has 2 aromatic carbocycles. The fourth-order valence-electron chi connectivity index (χ4n) is 2.96. The number of carbonyl (C=O) groups excluding carboxylic acids is 1. The summed E-state index contributed by atoms with van der Waals surface area (Å²) >= 11 is 6.12. The number of rotatable bonds is 4. The highest BCUT2D eigenvalue weighted by Gasteiger charge is 2.32. The number of aromatic amines is 1. The van der Waals surface area contributed by atoms with Gasteiger partial charge in [0.2, 0.25) is 5.91 Å². The van der Waals surface area contributed by atoms with Crippen molar-refractivity contribution in [3.8, 4) is 0 Å². The van der Waals surface area contributed by atoms with Crippen molar-refractivity contribution in [1.82, 2.24) is 10.3 Å². The standard InChI is InChI=1S/C20H21ClN2O/c1-13-5-4-6-14(9-13)11-23-19(24)20(2,3)17-12-22-18-8-7-15(21)10-16(17)18/h4-10,12,22H,11H2,1-3H3,(H,23,24). The molecule has 0 aliphatic carbocycles. The van der Waals surface area contributed by atoms with Gasteiger partial charge in [-0.2, -0.15) is 0 Å². The Labute approximate surface area is 147 Å². The zero-order chi connectivity index (χ0) is 17.3. The number of benzene rings is 2. The molecule has 24 heavy (non-hydrogen) atoms. The van der Waals surface area contributed by atoms with Crippen LogP contribution in [-0.4, -0.2) is 10.9 Å². The molecule has 3 rings (SSSR count). The Bertz CT molecular complexity index is 896. The Morgan fingerprint density at radius 3 is 2.75 bits per heavy atom. The van der Waals surface area contributed by atoms with E-state index in [2.05, 4.69) is 16.4 Å². The topological polar surface area (TPSA) is 44.9 Å². The Kier molecular flexibility index (Phi) is 4.37. The van der Waals surface area contributed by atoms with Gasteiger partial charge in [-0.15, -0.1) is 0 Å². The van der Waals surface area contributed by atoms with Gasteiger partial charge in [0.25, 0.3) is 0 Å². The number of fused-ring (bicyclic) bond motifs is 1. The predicted octanol–water partition coefficient (Wildman–Crippen LogP) is 4.72. The van der Waals surface area contributed by atoms with Gasteiger partial charge in [0.1, 0.15) is 0 Å². The number of H-pyrrole nitrogens is 1. The maximum atomic E-state index is 12.8. The molecule has 0 aliphatic heterocycles. The van der Waals surface area contributed by atoms with Gasteiger partial charge in [0, 0.05) is 28.7 Å². The zero-order valence-corrected chi connectivity index (χ0v) is 14.9. The molecule has 0 atom stereocenters. The van der Waals surface area contributed by atoms with E-state index in [0.29, 0.717) is 11.6 Å². The van der Waals surface area contributed by atoms with E-state index < -0.39 is 5.41 Å². The smallest absolute Gasteiger partial charge is 0.230 e. The summed E-state index contributed by atoms with van der Waals surface area (Å²) in [6.45, 7) is 6.43. The summed E-state index contributed by atoms with van der Waals surface area (Å²) in [5.41, 5.74) is 3.55. The highest BCUT2D eigenvalue weighted by molar-refractivity contribution is 6.31. The van der Waals surface area contributed by atoms with E-state index in [1.807, 2.05) is 63.4 Å². The van der Waals surface area contributed by atoms with Crippen LogP contribution in [0.5, 0.6) is 0 Å². The lowest BCUT2D eigenvalue weighted by molar-refractivity contribution is -0.125. The Hall–Kier alpha value is -2.26. The number of hydrogen-bond acceptors (Lipinski definition) is 1. The highest BCUT2D eigenvalue weighted by Crippen LogP contribution is 2.32. The SMILES string of the molecule is Cc1cccc(CNC(=O)C(C)(C)c2c[nH]c3ccc(Cl)cc23)c1. The number of hydrogen-bond donors (Lipinski definition) is 2. The fourth-order valence-corrected chi connectivity index (χ4v) is 3.13. The van der Waals surface area contributed by atoms with Crippen molar-refractivity contribution in [2.45, 2.75) is 32.7 Å². The van der Waals surface area contributed by atoms with Gasteiger partial charge in [0.15, 0.2) is 0 Å². The van der Waals surface area contributed by atoms with Crippen LogP contribution < -0.4 is 5.32 Å². The van der Waals surface area contributed by atoms with Crippen LogP contribution in [0.3, 0.4) is 0 Å². The van der Waals surface area contributed by atoms with E-state index in [4.69, 9.17) is 11.6 Å². The molecule has 0 saturated heterocycles. The lowest BCUT2D eigenvalue weighted by atomic mass is 9.83. The summed E-state index contributed by atoms with van der Waals surface area (Å²) < 4.78 is 0. The molecule has 0 fully saturated rings. The molecule has 3 aromatic rings. The van der Waals surface area contributed by atoms with Crippen molar-refractivity contribution in [2.24, 2.45) is 0 Å². The van der Waals surface area contributed by atoms with Crippen LogP contribution in [0.4, 0.5) is 0 Å². The van der Waals surface area contributed by atoms with Gasteiger partial charge in [-0.25, -0.2) is 0 Å². The Morgan fingerprint density at radius 1 is 1.21 bits per heavy atom. The summed E-state index contributed by atoms with van der Waals surface area (Å²) in [7, 11) is 0. The average molecular weight is 341 g/mol. The molecule has 0 bridgehead atoms. The number of nitrogens with one attached hydrogen (secondary N) is 2. The van der Waals surface area contributed by atoms with E-state index in [-0.39, 0.29) is 5.91 Å². The summed E-state index contributed by atoms with van der Waals surface area (Å²) in [5, 5.41) is 4.70. The number of halogens is 1. The second kappa shape index (κ2) is 6.33. The normalized spacial score (nSPS) is 11.7. The molecular weight excluding hydrogens is 320 g/mol. The van der Waals surface area contributed by atoms with Crippen molar-refractivity contribution < 1.29 is 4.79 Å². The van der Waals surface area contributed by atoms with E-state index in [9.17, 15) is 4.79 Å². The molecule has 0 radical (unpaired) electrons. The number of aryl methyl sites for hydroxylation is 1. The third-order valence-electron chi connectivity index (χ3n) is 4.42. The third kappa shape index (κ3) is 3.17. The first-order valence-electron chi connectivity index (χ1n) is 7.99. The van der Waals surface area contributed by atoms with Crippen molar-refractivity contribution in [2.75, 3.05) is 0 Å². The first kappa shape index (κ1) is 16.6. The molecular formula is C20H21ClN2O. The van der Waals surface area contributed by atoms with E-state index >= 15 is 0 Å². The quantitative estimate of drug-likeness (QED) is 0.709. The summed E-state index contributed by atoms with van der Waals surface area (Å²) in [4.78, 5) is 16.0. The minimum absolute atomic E-state index is 0.00937. The first-order valence-corrected chi connectivity index (χ1v) is 8.36. The lowest BCUT2D eigenvalue weighted by Gasteiger charge is -2.23. The average Bonchev–Trinajstić information content (AvgIpc) is 2.96. The molecule has 0 aliphatic rings. The van der Waals surface area contributed by atoms with Gasteiger partial charge >= 0.3 is 0 Å². The second-order valence-corrected chi connectivity index (χ2v) is 7.13. The van der Waals surface area contributed by atoms with Crippen LogP contribution in [0, 0.1) is 6.92 Å². The van der Waals surface area contributed by atoms with Crippen molar-refractivity contribution in [1.29, 1.82) is 0 Å². The molecule has 124 valence electrons. The monoisotopic (exact) mass is 340 g/mol. The van der Waals surface area contributed by atoms with E-state index in [1.165, 1.54) is 5.56 Å². The fraction of sp³-hybridized carbons (Fsp3) is 0.250. The third-order valence-corrected chi connectivity index (χ3v) is 4.66. The molecule has 2 N–H and O–H groups in total. The minimum atomic E-state index is -0.660. The van der Waals surface area contributed by atoms with Crippen LogP contribution in [0.2, 0.25) is 5.02 Å². The number of carbonyl (C=O) groups is 1. The van der Waals surface area contributed by atoms with Crippen molar-refractivity contribution >= 4 is 28.4 Å².